The molecule has 17 heavy (non-hydrogen) atoms. The number of ketones is 1. The van der Waals surface area contributed by atoms with Gasteiger partial charge < -0.3 is 4.74 Å². The van der Waals surface area contributed by atoms with Crippen molar-refractivity contribution in [2.75, 3.05) is 7.11 Å². The quantitative estimate of drug-likeness (QED) is 0.738. The van der Waals surface area contributed by atoms with Crippen LogP contribution in [0.3, 0.4) is 0 Å². The number of rotatable bonds is 1. The van der Waals surface area contributed by atoms with Crippen LogP contribution in [-0.4, -0.2) is 12.9 Å². The number of benzene rings is 1. The molecule has 1 aromatic carbocycles. The topological polar surface area (TPSA) is 26.3 Å². The first-order chi connectivity index (χ1) is 8.28. The van der Waals surface area contributed by atoms with Crippen molar-refractivity contribution in [3.63, 3.8) is 0 Å². The van der Waals surface area contributed by atoms with E-state index in [0.717, 1.165) is 25.0 Å². The van der Waals surface area contributed by atoms with E-state index in [2.05, 4.69) is 12.1 Å². The summed E-state index contributed by atoms with van der Waals surface area (Å²) in [6.45, 7) is 0. The van der Waals surface area contributed by atoms with Gasteiger partial charge in [-0.05, 0) is 60.1 Å². The summed E-state index contributed by atoms with van der Waals surface area (Å²) in [5.74, 6) is 1.78. The summed E-state index contributed by atoms with van der Waals surface area (Å²) in [5, 5.41) is 0. The molecule has 0 spiro atoms. The van der Waals surface area contributed by atoms with Crippen LogP contribution in [0.1, 0.15) is 30.4 Å². The fourth-order valence-corrected chi connectivity index (χ4v) is 2.95. The Labute approximate surface area is 101 Å². The van der Waals surface area contributed by atoms with Crippen LogP contribution in [0, 0.1) is 5.92 Å². The van der Waals surface area contributed by atoms with E-state index in [1.807, 2.05) is 12.1 Å². The summed E-state index contributed by atoms with van der Waals surface area (Å²) < 4.78 is 5.25. The Kier molecular flexibility index (Phi) is 2.50. The van der Waals surface area contributed by atoms with Gasteiger partial charge in [-0.3, -0.25) is 4.79 Å². The number of carbonyl (C=O) groups is 1. The van der Waals surface area contributed by atoms with Crippen LogP contribution in [0.4, 0.5) is 0 Å². The number of allylic oxidation sites excluding steroid dienone is 2. The number of ether oxygens (including phenoxy) is 1. The summed E-state index contributed by atoms with van der Waals surface area (Å²) in [5.41, 5.74) is 3.84. The Morgan fingerprint density at radius 1 is 1.24 bits per heavy atom. The van der Waals surface area contributed by atoms with Gasteiger partial charge in [0.25, 0.3) is 0 Å². The fourth-order valence-electron chi connectivity index (χ4n) is 2.95. The van der Waals surface area contributed by atoms with E-state index >= 15 is 0 Å². The number of carbonyl (C=O) groups excluding carboxylic acids is 1. The van der Waals surface area contributed by atoms with E-state index in [0.29, 0.717) is 5.92 Å². The van der Waals surface area contributed by atoms with Crippen LogP contribution in [0.2, 0.25) is 0 Å². The molecule has 3 rings (SSSR count). The van der Waals surface area contributed by atoms with Gasteiger partial charge in [-0.2, -0.15) is 0 Å². The molecule has 88 valence electrons. The third kappa shape index (κ3) is 1.78. The van der Waals surface area contributed by atoms with Gasteiger partial charge in [0.15, 0.2) is 5.78 Å². The summed E-state index contributed by atoms with van der Waals surface area (Å²) in [6, 6.07) is 6.19. The SMILES string of the molecule is COc1ccc2c(c1)CCC1CCC(=O)C=C21. The molecule has 1 unspecified atom stereocenters. The van der Waals surface area contributed by atoms with Crippen LogP contribution in [0.15, 0.2) is 24.3 Å². The Hall–Kier alpha value is -1.57. The van der Waals surface area contributed by atoms with Crippen LogP contribution in [0.25, 0.3) is 5.57 Å². The summed E-state index contributed by atoms with van der Waals surface area (Å²) in [7, 11) is 1.69. The molecular formula is C15H16O2. The van der Waals surface area contributed by atoms with Gasteiger partial charge >= 0.3 is 0 Å². The van der Waals surface area contributed by atoms with Crippen LogP contribution in [-0.2, 0) is 11.2 Å². The molecule has 0 amide bonds. The molecule has 1 aromatic rings. The first-order valence-corrected chi connectivity index (χ1v) is 6.19. The number of hydrogen-bond donors (Lipinski definition) is 0. The van der Waals surface area contributed by atoms with Crippen molar-refractivity contribution in [1.82, 2.24) is 0 Å². The monoisotopic (exact) mass is 228 g/mol. The molecule has 0 saturated heterocycles. The van der Waals surface area contributed by atoms with Crippen molar-refractivity contribution in [2.24, 2.45) is 5.92 Å². The molecule has 0 heterocycles. The molecule has 0 aromatic heterocycles. The van der Waals surface area contributed by atoms with Crippen molar-refractivity contribution >= 4 is 11.4 Å². The second-order valence-electron chi connectivity index (χ2n) is 4.86. The highest BCUT2D eigenvalue weighted by Crippen LogP contribution is 2.41. The molecular weight excluding hydrogens is 212 g/mol. The standard InChI is InChI=1S/C15H16O2/c1-17-13-6-7-14-11(8-13)3-2-10-4-5-12(16)9-15(10)14/h6-10H,2-5H2,1H3. The molecule has 0 bridgehead atoms. The second kappa shape index (κ2) is 4.02. The lowest BCUT2D eigenvalue weighted by Gasteiger charge is -2.30. The van der Waals surface area contributed by atoms with Crippen LogP contribution < -0.4 is 4.74 Å². The highest BCUT2D eigenvalue weighted by Gasteiger charge is 2.27. The molecule has 2 aliphatic rings. The van der Waals surface area contributed by atoms with E-state index in [9.17, 15) is 4.79 Å². The number of fused-ring (bicyclic) bond motifs is 3. The first-order valence-electron chi connectivity index (χ1n) is 6.19. The van der Waals surface area contributed by atoms with E-state index in [1.165, 1.54) is 23.1 Å². The zero-order valence-corrected chi connectivity index (χ0v) is 10.0. The van der Waals surface area contributed by atoms with Crippen molar-refractivity contribution in [3.8, 4) is 5.75 Å². The predicted molar refractivity (Wildman–Crippen MR) is 67.0 cm³/mol. The highest BCUT2D eigenvalue weighted by atomic mass is 16.5. The van der Waals surface area contributed by atoms with Crippen molar-refractivity contribution in [1.29, 1.82) is 0 Å². The van der Waals surface area contributed by atoms with Gasteiger partial charge in [0, 0.05) is 6.42 Å². The minimum Gasteiger partial charge on any atom is -0.497 e. The Balaban J connectivity index is 2.08. The maximum atomic E-state index is 11.5. The first kappa shape index (κ1) is 10.6. The number of methoxy groups -OCH3 is 1. The van der Waals surface area contributed by atoms with E-state index in [-0.39, 0.29) is 5.78 Å². The van der Waals surface area contributed by atoms with Crippen LogP contribution >= 0.6 is 0 Å². The molecule has 2 nitrogen and oxygen atoms in total. The Morgan fingerprint density at radius 2 is 2.06 bits per heavy atom. The minimum absolute atomic E-state index is 0.278. The fraction of sp³-hybridized carbons (Fsp3) is 0.400. The minimum atomic E-state index is 0.278. The van der Waals surface area contributed by atoms with Crippen molar-refractivity contribution in [3.05, 3.63) is 35.4 Å². The van der Waals surface area contributed by atoms with Gasteiger partial charge in [-0.1, -0.05) is 6.07 Å². The molecule has 0 saturated carbocycles. The lowest BCUT2D eigenvalue weighted by Crippen LogP contribution is -2.19. The third-order valence-corrected chi connectivity index (χ3v) is 3.88. The lowest BCUT2D eigenvalue weighted by atomic mass is 9.74. The van der Waals surface area contributed by atoms with Gasteiger partial charge in [0.1, 0.15) is 5.75 Å². The zero-order valence-electron chi connectivity index (χ0n) is 10.0. The van der Waals surface area contributed by atoms with E-state index < -0.39 is 0 Å². The van der Waals surface area contributed by atoms with E-state index in [4.69, 9.17) is 4.74 Å². The van der Waals surface area contributed by atoms with Crippen molar-refractivity contribution < 1.29 is 9.53 Å². The van der Waals surface area contributed by atoms with Crippen molar-refractivity contribution in [2.45, 2.75) is 25.7 Å². The highest BCUT2D eigenvalue weighted by molar-refractivity contribution is 5.99. The zero-order chi connectivity index (χ0) is 11.8. The lowest BCUT2D eigenvalue weighted by molar-refractivity contribution is -0.115. The Bertz CT molecular complexity index is 500. The summed E-state index contributed by atoms with van der Waals surface area (Å²) in [4.78, 5) is 11.5. The van der Waals surface area contributed by atoms with Gasteiger partial charge in [0.05, 0.1) is 7.11 Å². The molecule has 0 fully saturated rings. The average molecular weight is 228 g/mol. The summed E-state index contributed by atoms with van der Waals surface area (Å²) >= 11 is 0. The van der Waals surface area contributed by atoms with Gasteiger partial charge in [-0.25, -0.2) is 0 Å². The van der Waals surface area contributed by atoms with Crippen LogP contribution in [0.5, 0.6) is 5.75 Å². The molecule has 0 N–H and O–H groups in total. The maximum Gasteiger partial charge on any atom is 0.156 e. The maximum absolute atomic E-state index is 11.5. The largest absolute Gasteiger partial charge is 0.497 e. The molecule has 0 radical (unpaired) electrons. The molecule has 1 atom stereocenters. The second-order valence-corrected chi connectivity index (χ2v) is 4.86. The van der Waals surface area contributed by atoms with Gasteiger partial charge in [-0.15, -0.1) is 0 Å². The molecule has 2 heteroatoms. The number of aryl methyl sites for hydroxylation is 1. The number of hydrogen-bond acceptors (Lipinski definition) is 2. The third-order valence-electron chi connectivity index (χ3n) is 3.88. The average Bonchev–Trinajstić information content (AvgIpc) is 2.37. The predicted octanol–water partition coefficient (Wildman–Crippen LogP) is 3.00. The molecule has 2 aliphatic carbocycles. The van der Waals surface area contributed by atoms with Gasteiger partial charge in [0.2, 0.25) is 0 Å². The normalized spacial score (nSPS) is 22.5. The molecule has 0 aliphatic heterocycles. The van der Waals surface area contributed by atoms with E-state index in [1.54, 1.807) is 7.11 Å². The summed E-state index contributed by atoms with van der Waals surface area (Å²) in [6.07, 6.45) is 5.87. The smallest absolute Gasteiger partial charge is 0.156 e. The Morgan fingerprint density at radius 3 is 2.88 bits per heavy atom.